The van der Waals surface area contributed by atoms with Crippen molar-refractivity contribution in [1.82, 2.24) is 4.98 Å². The van der Waals surface area contributed by atoms with Gasteiger partial charge < -0.3 is 9.15 Å². The molecule has 0 unspecified atom stereocenters. The summed E-state index contributed by atoms with van der Waals surface area (Å²) >= 11 is 13.3. The van der Waals surface area contributed by atoms with Gasteiger partial charge >= 0.3 is 5.97 Å². The second kappa shape index (κ2) is 9.73. The molecule has 0 atom stereocenters. The van der Waals surface area contributed by atoms with E-state index in [2.05, 4.69) is 10.3 Å². The van der Waals surface area contributed by atoms with Gasteiger partial charge in [0.25, 0.3) is 5.91 Å². The van der Waals surface area contributed by atoms with Crippen LogP contribution in [0.3, 0.4) is 0 Å². The first-order chi connectivity index (χ1) is 15.4. The number of fused-ring (bicyclic) bond motifs is 1. The van der Waals surface area contributed by atoms with Crippen LogP contribution in [0.4, 0.5) is 5.13 Å². The molecule has 4 aromatic rings. The molecule has 0 aliphatic heterocycles. The highest BCUT2D eigenvalue weighted by Gasteiger charge is 2.16. The summed E-state index contributed by atoms with van der Waals surface area (Å²) in [6.07, 6.45) is 1.78. The van der Waals surface area contributed by atoms with Crippen molar-refractivity contribution in [2.75, 3.05) is 11.9 Å². The monoisotopic (exact) mass is 488 g/mol. The van der Waals surface area contributed by atoms with E-state index >= 15 is 0 Å². The van der Waals surface area contributed by atoms with E-state index in [0.717, 1.165) is 17.5 Å². The highest BCUT2D eigenvalue weighted by atomic mass is 35.5. The average Bonchev–Trinajstić information content (AvgIpc) is 3.39. The first-order valence-electron chi connectivity index (χ1n) is 9.88. The molecule has 4 rings (SSSR count). The van der Waals surface area contributed by atoms with Gasteiger partial charge in [0.15, 0.2) is 10.9 Å². The summed E-state index contributed by atoms with van der Waals surface area (Å²) in [6.45, 7) is 2.42. The van der Waals surface area contributed by atoms with E-state index in [1.807, 2.05) is 6.92 Å². The maximum absolute atomic E-state index is 12.6. The number of furan rings is 1. The molecule has 9 heteroatoms. The average molecular weight is 489 g/mol. The predicted molar refractivity (Wildman–Crippen MR) is 127 cm³/mol. The SMILES string of the molecule is CCCCOC(=O)c1ccc2nc(NC(=O)c3ccc(-c4cc(Cl)cc(Cl)c4)o3)sc2c1. The Labute approximate surface area is 198 Å². The second-order valence-corrected chi connectivity index (χ2v) is 8.87. The number of benzene rings is 2. The molecule has 164 valence electrons. The first-order valence-corrected chi connectivity index (χ1v) is 11.5. The van der Waals surface area contributed by atoms with E-state index in [9.17, 15) is 9.59 Å². The Bertz CT molecular complexity index is 1280. The zero-order valence-electron chi connectivity index (χ0n) is 17.0. The van der Waals surface area contributed by atoms with Crippen LogP contribution in [0.5, 0.6) is 0 Å². The molecule has 6 nitrogen and oxygen atoms in total. The Morgan fingerprint density at radius 1 is 1.09 bits per heavy atom. The van der Waals surface area contributed by atoms with Gasteiger partial charge in [0.1, 0.15) is 5.76 Å². The maximum atomic E-state index is 12.6. The van der Waals surface area contributed by atoms with Crippen LogP contribution in [0.25, 0.3) is 21.5 Å². The Morgan fingerprint density at radius 2 is 1.88 bits per heavy atom. The third-order valence-corrected chi connectivity index (χ3v) is 5.92. The molecular weight excluding hydrogens is 471 g/mol. The van der Waals surface area contributed by atoms with Crippen molar-refractivity contribution in [3.8, 4) is 11.3 Å². The number of anilines is 1. The van der Waals surface area contributed by atoms with Crippen LogP contribution in [-0.2, 0) is 4.74 Å². The van der Waals surface area contributed by atoms with Crippen molar-refractivity contribution in [2.24, 2.45) is 0 Å². The molecule has 32 heavy (non-hydrogen) atoms. The fourth-order valence-corrected chi connectivity index (χ4v) is 4.39. The van der Waals surface area contributed by atoms with Crippen LogP contribution in [0, 0.1) is 0 Å². The van der Waals surface area contributed by atoms with Crippen LogP contribution in [-0.4, -0.2) is 23.5 Å². The zero-order valence-corrected chi connectivity index (χ0v) is 19.3. The molecule has 0 spiro atoms. The van der Waals surface area contributed by atoms with E-state index in [1.165, 1.54) is 11.3 Å². The van der Waals surface area contributed by atoms with Crippen molar-refractivity contribution in [3.63, 3.8) is 0 Å². The highest BCUT2D eigenvalue weighted by molar-refractivity contribution is 7.22. The number of ether oxygens (including phenoxy) is 1. The van der Waals surface area contributed by atoms with Gasteiger partial charge in [0.05, 0.1) is 22.4 Å². The van der Waals surface area contributed by atoms with Crippen molar-refractivity contribution >= 4 is 61.8 Å². The molecule has 0 fully saturated rings. The van der Waals surface area contributed by atoms with Crippen LogP contribution >= 0.6 is 34.5 Å². The van der Waals surface area contributed by atoms with E-state index in [1.54, 1.807) is 48.5 Å². The Morgan fingerprint density at radius 3 is 2.62 bits per heavy atom. The lowest BCUT2D eigenvalue weighted by Gasteiger charge is -2.03. The fraction of sp³-hybridized carbons (Fsp3) is 0.174. The van der Waals surface area contributed by atoms with E-state index < -0.39 is 5.91 Å². The van der Waals surface area contributed by atoms with Crippen LogP contribution < -0.4 is 5.32 Å². The van der Waals surface area contributed by atoms with Gasteiger partial charge in [-0.1, -0.05) is 47.9 Å². The zero-order chi connectivity index (χ0) is 22.7. The summed E-state index contributed by atoms with van der Waals surface area (Å²) in [4.78, 5) is 29.2. The summed E-state index contributed by atoms with van der Waals surface area (Å²) in [5, 5.41) is 4.07. The molecular formula is C23H18Cl2N2O4S. The van der Waals surface area contributed by atoms with Crippen LogP contribution in [0.1, 0.15) is 40.7 Å². The normalized spacial score (nSPS) is 11.0. The number of halogens is 2. The minimum atomic E-state index is -0.442. The molecule has 2 aromatic carbocycles. The summed E-state index contributed by atoms with van der Waals surface area (Å²) in [6, 6.07) is 13.4. The lowest BCUT2D eigenvalue weighted by Crippen LogP contribution is -2.10. The quantitative estimate of drug-likeness (QED) is 0.222. The third-order valence-electron chi connectivity index (χ3n) is 4.55. The van der Waals surface area contributed by atoms with Crippen molar-refractivity contribution in [3.05, 3.63) is 69.9 Å². The van der Waals surface area contributed by atoms with E-state index in [4.69, 9.17) is 32.4 Å². The minimum absolute atomic E-state index is 0.121. The molecule has 0 saturated carbocycles. The van der Waals surface area contributed by atoms with Gasteiger partial charge in [-0.25, -0.2) is 9.78 Å². The topological polar surface area (TPSA) is 81.4 Å². The summed E-state index contributed by atoms with van der Waals surface area (Å²) < 4.78 is 11.7. The van der Waals surface area contributed by atoms with Gasteiger partial charge in [0.2, 0.25) is 0 Å². The molecule has 1 amide bonds. The lowest BCUT2D eigenvalue weighted by atomic mass is 10.2. The number of thiazole rings is 1. The van der Waals surface area contributed by atoms with Gasteiger partial charge in [-0.15, -0.1) is 0 Å². The molecule has 2 aromatic heterocycles. The number of unbranched alkanes of at least 4 members (excludes halogenated alkanes) is 1. The Balaban J connectivity index is 1.48. The van der Waals surface area contributed by atoms with Crippen LogP contribution in [0.2, 0.25) is 10.0 Å². The number of amides is 1. The minimum Gasteiger partial charge on any atom is -0.462 e. The first kappa shape index (κ1) is 22.3. The molecule has 2 heterocycles. The Hall–Kier alpha value is -2.87. The summed E-state index contributed by atoms with van der Waals surface area (Å²) in [5.41, 5.74) is 1.79. The number of aromatic nitrogens is 1. The van der Waals surface area contributed by atoms with E-state index in [0.29, 0.717) is 44.2 Å². The highest BCUT2D eigenvalue weighted by Crippen LogP contribution is 2.30. The predicted octanol–water partition coefficient (Wildman–Crippen LogP) is 7.07. The van der Waals surface area contributed by atoms with Gasteiger partial charge in [-0.2, -0.15) is 0 Å². The molecule has 1 N–H and O–H groups in total. The van der Waals surface area contributed by atoms with Gasteiger partial charge in [-0.05, 0) is 55.0 Å². The molecule has 0 radical (unpaired) electrons. The number of nitrogens with one attached hydrogen (secondary N) is 1. The molecule has 0 bridgehead atoms. The standard InChI is InChI=1S/C23H18Cl2N2O4S/c1-2-3-8-30-22(29)13-4-5-17-20(11-13)32-23(26-17)27-21(28)19-7-6-18(31-19)14-9-15(24)12-16(25)10-14/h4-7,9-12H,2-3,8H2,1H3,(H,26,27,28). The van der Waals surface area contributed by atoms with Gasteiger partial charge in [-0.3, -0.25) is 10.1 Å². The molecule has 0 saturated heterocycles. The van der Waals surface area contributed by atoms with Gasteiger partial charge in [0, 0.05) is 15.6 Å². The number of hydrogen-bond acceptors (Lipinski definition) is 6. The maximum Gasteiger partial charge on any atom is 0.338 e. The lowest BCUT2D eigenvalue weighted by molar-refractivity contribution is 0.0500. The van der Waals surface area contributed by atoms with Crippen molar-refractivity contribution in [1.29, 1.82) is 0 Å². The Kier molecular flexibility index (Phi) is 6.79. The fourth-order valence-electron chi connectivity index (χ4n) is 2.97. The number of rotatable bonds is 7. The largest absolute Gasteiger partial charge is 0.462 e. The number of nitrogens with zero attached hydrogens (tertiary/aromatic N) is 1. The number of carbonyl (C=O) groups excluding carboxylic acids is 2. The number of hydrogen-bond donors (Lipinski definition) is 1. The summed E-state index contributed by atoms with van der Waals surface area (Å²) in [7, 11) is 0. The molecule has 0 aliphatic rings. The second-order valence-electron chi connectivity index (χ2n) is 6.97. The number of esters is 1. The molecule has 0 aliphatic carbocycles. The smallest absolute Gasteiger partial charge is 0.338 e. The third kappa shape index (κ3) is 5.12. The van der Waals surface area contributed by atoms with Crippen molar-refractivity contribution < 1.29 is 18.7 Å². The summed E-state index contributed by atoms with van der Waals surface area (Å²) in [5.74, 6) is -0.225. The van der Waals surface area contributed by atoms with Crippen molar-refractivity contribution in [2.45, 2.75) is 19.8 Å². The van der Waals surface area contributed by atoms with E-state index in [-0.39, 0.29) is 11.7 Å². The number of carbonyl (C=O) groups is 2. The van der Waals surface area contributed by atoms with Crippen LogP contribution in [0.15, 0.2) is 52.9 Å².